The van der Waals surface area contributed by atoms with E-state index in [2.05, 4.69) is 12.1 Å². The minimum atomic E-state index is -0.319. The van der Waals surface area contributed by atoms with Crippen LogP contribution < -0.4 is 0 Å². The fourth-order valence-electron chi connectivity index (χ4n) is 1.28. The van der Waals surface area contributed by atoms with Crippen LogP contribution in [0.2, 0.25) is 0 Å². The minimum absolute atomic E-state index is 0.121. The van der Waals surface area contributed by atoms with Crippen LogP contribution in [0, 0.1) is 0 Å². The standard InChI is InChI=1S/C11H14Cl2O2/c12-8-14-11(15-9-13)7-6-10-4-2-1-3-5-10/h1-5,11H,6-9H2. The molecule has 2 nitrogen and oxygen atoms in total. The molecule has 0 aromatic heterocycles. The lowest BCUT2D eigenvalue weighted by atomic mass is 10.1. The van der Waals surface area contributed by atoms with Crippen molar-refractivity contribution in [1.29, 1.82) is 0 Å². The molecule has 1 rings (SSSR count). The molecule has 15 heavy (non-hydrogen) atoms. The SMILES string of the molecule is ClCOC(CCc1ccccc1)OCCl. The topological polar surface area (TPSA) is 18.5 Å². The molecule has 0 bridgehead atoms. The first-order chi connectivity index (χ1) is 7.36. The van der Waals surface area contributed by atoms with Crippen molar-refractivity contribution in [3.05, 3.63) is 35.9 Å². The zero-order chi connectivity index (χ0) is 10.9. The first-order valence-electron chi connectivity index (χ1n) is 4.76. The predicted molar refractivity (Wildman–Crippen MR) is 62.2 cm³/mol. The van der Waals surface area contributed by atoms with Gasteiger partial charge in [-0.05, 0) is 12.0 Å². The van der Waals surface area contributed by atoms with Gasteiger partial charge in [0.05, 0.1) is 0 Å². The van der Waals surface area contributed by atoms with Crippen molar-refractivity contribution in [1.82, 2.24) is 0 Å². The Kier molecular flexibility index (Phi) is 6.77. The largest absolute Gasteiger partial charge is 0.337 e. The van der Waals surface area contributed by atoms with Gasteiger partial charge in [-0.25, -0.2) is 0 Å². The Balaban J connectivity index is 2.33. The van der Waals surface area contributed by atoms with Crippen LogP contribution in [0.5, 0.6) is 0 Å². The fraction of sp³-hybridized carbons (Fsp3) is 0.455. The molecule has 0 aliphatic rings. The van der Waals surface area contributed by atoms with Gasteiger partial charge in [-0.15, -0.1) is 0 Å². The summed E-state index contributed by atoms with van der Waals surface area (Å²) in [5.41, 5.74) is 1.25. The first kappa shape index (κ1) is 12.8. The van der Waals surface area contributed by atoms with Crippen molar-refractivity contribution >= 4 is 23.2 Å². The number of benzene rings is 1. The van der Waals surface area contributed by atoms with Crippen LogP contribution in [-0.4, -0.2) is 18.4 Å². The maximum absolute atomic E-state index is 5.47. The lowest BCUT2D eigenvalue weighted by Crippen LogP contribution is -2.17. The molecule has 0 atom stereocenters. The van der Waals surface area contributed by atoms with E-state index in [1.54, 1.807) is 0 Å². The van der Waals surface area contributed by atoms with Gasteiger partial charge in [0.2, 0.25) is 0 Å². The summed E-state index contributed by atoms with van der Waals surface area (Å²) in [6, 6.07) is 10.4. The second kappa shape index (κ2) is 7.94. The van der Waals surface area contributed by atoms with E-state index < -0.39 is 0 Å². The van der Waals surface area contributed by atoms with E-state index in [0.29, 0.717) is 0 Å². The van der Waals surface area contributed by atoms with E-state index in [0.717, 1.165) is 12.8 Å². The van der Waals surface area contributed by atoms with Crippen LogP contribution in [0.25, 0.3) is 0 Å². The van der Waals surface area contributed by atoms with Crippen molar-refractivity contribution in [2.45, 2.75) is 19.1 Å². The van der Waals surface area contributed by atoms with Gasteiger partial charge in [0.15, 0.2) is 6.29 Å². The molecule has 1 aromatic rings. The van der Waals surface area contributed by atoms with Gasteiger partial charge in [0, 0.05) is 6.42 Å². The molecule has 4 heteroatoms. The highest BCUT2D eigenvalue weighted by Gasteiger charge is 2.08. The lowest BCUT2D eigenvalue weighted by Gasteiger charge is -2.15. The third kappa shape index (κ3) is 5.38. The minimum Gasteiger partial charge on any atom is -0.337 e. The molecular formula is C11H14Cl2O2. The second-order valence-corrected chi connectivity index (χ2v) is 3.44. The van der Waals surface area contributed by atoms with Crippen molar-refractivity contribution in [3.63, 3.8) is 0 Å². The number of hydrogen-bond donors (Lipinski definition) is 0. The Morgan fingerprint density at radius 2 is 1.60 bits per heavy atom. The van der Waals surface area contributed by atoms with E-state index in [9.17, 15) is 0 Å². The number of ether oxygens (including phenoxy) is 2. The second-order valence-electron chi connectivity index (χ2n) is 3.01. The van der Waals surface area contributed by atoms with Gasteiger partial charge < -0.3 is 9.47 Å². The zero-order valence-corrected chi connectivity index (χ0v) is 9.88. The molecule has 0 saturated carbocycles. The summed E-state index contributed by atoms with van der Waals surface area (Å²) in [6.07, 6.45) is 1.32. The molecule has 0 aliphatic carbocycles. The molecule has 0 N–H and O–H groups in total. The molecular weight excluding hydrogens is 235 g/mol. The molecule has 0 fully saturated rings. The Hall–Kier alpha value is -0.280. The summed E-state index contributed by atoms with van der Waals surface area (Å²) >= 11 is 10.9. The van der Waals surface area contributed by atoms with Crippen LogP contribution in [0.1, 0.15) is 12.0 Å². The highest BCUT2D eigenvalue weighted by molar-refractivity contribution is 6.17. The lowest BCUT2D eigenvalue weighted by molar-refractivity contribution is -0.119. The number of rotatable bonds is 7. The summed E-state index contributed by atoms with van der Waals surface area (Å²) in [4.78, 5) is 0. The molecule has 84 valence electrons. The predicted octanol–water partition coefficient (Wildman–Crippen LogP) is 3.37. The van der Waals surface area contributed by atoms with Gasteiger partial charge in [-0.2, -0.15) is 0 Å². The van der Waals surface area contributed by atoms with Gasteiger partial charge in [0.1, 0.15) is 12.1 Å². The van der Waals surface area contributed by atoms with Crippen LogP contribution in [0.4, 0.5) is 0 Å². The van der Waals surface area contributed by atoms with Gasteiger partial charge >= 0.3 is 0 Å². The summed E-state index contributed by atoms with van der Waals surface area (Å²) in [7, 11) is 0. The van der Waals surface area contributed by atoms with Crippen molar-refractivity contribution in [3.8, 4) is 0 Å². The van der Waals surface area contributed by atoms with E-state index >= 15 is 0 Å². The number of alkyl halides is 2. The van der Waals surface area contributed by atoms with E-state index in [1.807, 2.05) is 18.2 Å². The molecule has 0 spiro atoms. The van der Waals surface area contributed by atoms with Crippen molar-refractivity contribution < 1.29 is 9.47 Å². The van der Waals surface area contributed by atoms with Gasteiger partial charge in [-0.1, -0.05) is 53.5 Å². The van der Waals surface area contributed by atoms with Crippen LogP contribution in [0.3, 0.4) is 0 Å². The Morgan fingerprint density at radius 3 is 2.13 bits per heavy atom. The monoisotopic (exact) mass is 248 g/mol. The third-order valence-corrected chi connectivity index (χ3v) is 2.26. The first-order valence-corrected chi connectivity index (χ1v) is 5.82. The molecule has 0 aliphatic heterocycles. The highest BCUT2D eigenvalue weighted by Crippen LogP contribution is 2.09. The smallest absolute Gasteiger partial charge is 0.161 e. The number of aryl methyl sites for hydroxylation is 1. The molecule has 0 heterocycles. The van der Waals surface area contributed by atoms with Crippen molar-refractivity contribution in [2.24, 2.45) is 0 Å². The molecule has 0 unspecified atom stereocenters. The fourth-order valence-corrected chi connectivity index (χ4v) is 1.57. The molecule has 0 radical (unpaired) electrons. The summed E-state index contributed by atoms with van der Waals surface area (Å²) < 4.78 is 10.3. The van der Waals surface area contributed by atoms with Crippen LogP contribution >= 0.6 is 23.2 Å². The number of halogens is 2. The Morgan fingerprint density at radius 1 is 1.00 bits per heavy atom. The van der Waals surface area contributed by atoms with Crippen LogP contribution in [0.15, 0.2) is 30.3 Å². The van der Waals surface area contributed by atoms with Gasteiger partial charge in [0.25, 0.3) is 0 Å². The normalized spacial score (nSPS) is 10.9. The summed E-state index contributed by atoms with van der Waals surface area (Å²) in [5.74, 6) is 0. The Labute approximate surface area is 100 Å². The molecule has 1 aromatic carbocycles. The summed E-state index contributed by atoms with van der Waals surface area (Å²) in [6.45, 7) is 0. The van der Waals surface area contributed by atoms with E-state index in [4.69, 9.17) is 32.7 Å². The zero-order valence-electron chi connectivity index (χ0n) is 8.36. The van der Waals surface area contributed by atoms with Gasteiger partial charge in [-0.3, -0.25) is 0 Å². The number of hydrogen-bond acceptors (Lipinski definition) is 2. The van der Waals surface area contributed by atoms with E-state index in [-0.39, 0.29) is 18.4 Å². The van der Waals surface area contributed by atoms with Crippen LogP contribution in [-0.2, 0) is 15.9 Å². The Bertz CT molecular complexity index is 248. The molecule has 0 amide bonds. The van der Waals surface area contributed by atoms with E-state index in [1.165, 1.54) is 5.56 Å². The highest BCUT2D eigenvalue weighted by atomic mass is 35.5. The quantitative estimate of drug-likeness (QED) is 0.544. The maximum atomic E-state index is 5.47. The third-order valence-electron chi connectivity index (χ3n) is 2.01. The maximum Gasteiger partial charge on any atom is 0.161 e. The van der Waals surface area contributed by atoms with Crippen molar-refractivity contribution in [2.75, 3.05) is 12.1 Å². The average Bonchev–Trinajstić information content (AvgIpc) is 2.28. The molecule has 0 saturated heterocycles. The summed E-state index contributed by atoms with van der Waals surface area (Å²) in [5, 5.41) is 0. The average molecular weight is 249 g/mol.